The molecule has 0 aliphatic rings. The standard InChI is InChI=1S/C10H9ClN2O2S/c11-7-16(14,15)13-10-3-1-2-8-6-12-5-4-9(8)10/h1-6,13H,7H2. The van der Waals surface area contributed by atoms with Crippen LogP contribution in [0.3, 0.4) is 0 Å². The van der Waals surface area contributed by atoms with Gasteiger partial charge in [-0.15, -0.1) is 11.6 Å². The van der Waals surface area contributed by atoms with Gasteiger partial charge in [0.15, 0.2) is 0 Å². The summed E-state index contributed by atoms with van der Waals surface area (Å²) in [7, 11) is -3.47. The Morgan fingerprint density at radius 1 is 1.31 bits per heavy atom. The van der Waals surface area contributed by atoms with Crippen LogP contribution < -0.4 is 4.72 Å². The number of anilines is 1. The molecular formula is C10H9ClN2O2S. The van der Waals surface area contributed by atoms with Gasteiger partial charge in [-0.1, -0.05) is 12.1 Å². The molecule has 6 heteroatoms. The van der Waals surface area contributed by atoms with Crippen molar-refractivity contribution in [3.8, 4) is 0 Å². The molecule has 0 unspecified atom stereocenters. The molecule has 84 valence electrons. The number of benzene rings is 1. The Labute approximate surface area is 98.3 Å². The van der Waals surface area contributed by atoms with Crippen LogP contribution in [0.15, 0.2) is 36.7 Å². The molecule has 0 bridgehead atoms. The van der Waals surface area contributed by atoms with E-state index in [0.717, 1.165) is 10.8 Å². The van der Waals surface area contributed by atoms with E-state index in [0.29, 0.717) is 5.69 Å². The summed E-state index contributed by atoms with van der Waals surface area (Å²) in [6.07, 6.45) is 3.29. The maximum Gasteiger partial charge on any atom is 0.246 e. The second-order valence-electron chi connectivity index (χ2n) is 3.23. The second kappa shape index (κ2) is 4.27. The Kier molecular flexibility index (Phi) is 2.98. The van der Waals surface area contributed by atoms with Crippen molar-refractivity contribution in [1.82, 2.24) is 4.98 Å². The molecule has 0 saturated carbocycles. The Bertz CT molecular complexity index is 608. The van der Waals surface area contributed by atoms with Crippen LogP contribution >= 0.6 is 11.6 Å². The van der Waals surface area contributed by atoms with Crippen LogP contribution in [0.4, 0.5) is 5.69 Å². The van der Waals surface area contributed by atoms with Gasteiger partial charge in [-0.3, -0.25) is 9.71 Å². The Morgan fingerprint density at radius 2 is 2.12 bits per heavy atom. The lowest BCUT2D eigenvalue weighted by molar-refractivity contribution is 0.605. The number of fused-ring (bicyclic) bond motifs is 1. The van der Waals surface area contributed by atoms with E-state index in [-0.39, 0.29) is 0 Å². The van der Waals surface area contributed by atoms with Gasteiger partial charge >= 0.3 is 0 Å². The topological polar surface area (TPSA) is 59.1 Å². The fraction of sp³-hybridized carbons (Fsp3) is 0.100. The number of halogens is 1. The molecule has 1 heterocycles. The molecule has 1 aromatic carbocycles. The zero-order valence-corrected chi connectivity index (χ0v) is 9.79. The minimum absolute atomic E-state index is 0.464. The highest BCUT2D eigenvalue weighted by molar-refractivity contribution is 7.93. The van der Waals surface area contributed by atoms with Gasteiger partial charge in [-0.2, -0.15) is 0 Å². The van der Waals surface area contributed by atoms with Crippen molar-refractivity contribution in [2.75, 3.05) is 9.93 Å². The molecule has 0 aliphatic heterocycles. The normalized spacial score (nSPS) is 11.6. The molecule has 0 amide bonds. The molecule has 2 aromatic rings. The predicted molar refractivity (Wildman–Crippen MR) is 65.0 cm³/mol. The molecule has 2 rings (SSSR count). The van der Waals surface area contributed by atoms with Crippen molar-refractivity contribution in [3.63, 3.8) is 0 Å². The van der Waals surface area contributed by atoms with E-state index in [4.69, 9.17) is 11.6 Å². The number of nitrogens with zero attached hydrogens (tertiary/aromatic N) is 1. The molecule has 0 fully saturated rings. The minimum atomic E-state index is -3.47. The highest BCUT2D eigenvalue weighted by Crippen LogP contribution is 2.23. The first-order valence-electron chi connectivity index (χ1n) is 4.51. The van der Waals surface area contributed by atoms with Crippen LogP contribution in [0.25, 0.3) is 10.8 Å². The number of sulfonamides is 1. The Balaban J connectivity index is 2.53. The number of pyridine rings is 1. The van der Waals surface area contributed by atoms with Gasteiger partial charge in [0.1, 0.15) is 5.21 Å². The fourth-order valence-electron chi connectivity index (χ4n) is 1.41. The average Bonchev–Trinajstić information content (AvgIpc) is 2.29. The lowest BCUT2D eigenvalue weighted by atomic mass is 10.1. The van der Waals surface area contributed by atoms with Crippen molar-refractivity contribution in [3.05, 3.63) is 36.7 Å². The van der Waals surface area contributed by atoms with E-state index in [1.807, 2.05) is 6.07 Å². The summed E-state index contributed by atoms with van der Waals surface area (Å²) in [6.45, 7) is 0. The van der Waals surface area contributed by atoms with Gasteiger partial charge in [0.05, 0.1) is 5.69 Å². The average molecular weight is 257 g/mol. The zero-order chi connectivity index (χ0) is 11.6. The Hall–Kier alpha value is -1.33. The van der Waals surface area contributed by atoms with Gasteiger partial charge < -0.3 is 0 Å². The van der Waals surface area contributed by atoms with Crippen LogP contribution in [0, 0.1) is 0 Å². The molecule has 16 heavy (non-hydrogen) atoms. The minimum Gasteiger partial charge on any atom is -0.282 e. The van der Waals surface area contributed by atoms with Crippen molar-refractivity contribution in [2.45, 2.75) is 0 Å². The highest BCUT2D eigenvalue weighted by Gasteiger charge is 2.09. The summed E-state index contributed by atoms with van der Waals surface area (Å²) < 4.78 is 25.1. The molecule has 0 saturated heterocycles. The number of rotatable bonds is 3. The van der Waals surface area contributed by atoms with Crippen molar-refractivity contribution in [1.29, 1.82) is 0 Å². The van der Waals surface area contributed by atoms with Crippen molar-refractivity contribution in [2.24, 2.45) is 0 Å². The smallest absolute Gasteiger partial charge is 0.246 e. The molecule has 0 radical (unpaired) electrons. The number of hydrogen-bond donors (Lipinski definition) is 1. The van der Waals surface area contributed by atoms with E-state index >= 15 is 0 Å². The van der Waals surface area contributed by atoms with Crippen LogP contribution in [0.5, 0.6) is 0 Å². The molecular weight excluding hydrogens is 248 g/mol. The third-order valence-electron chi connectivity index (χ3n) is 2.09. The highest BCUT2D eigenvalue weighted by atomic mass is 35.5. The molecule has 1 N–H and O–H groups in total. The maximum absolute atomic E-state index is 11.4. The summed E-state index contributed by atoms with van der Waals surface area (Å²) in [5, 5.41) is 1.21. The number of nitrogens with one attached hydrogen (secondary N) is 1. The summed E-state index contributed by atoms with van der Waals surface area (Å²) in [5.41, 5.74) is 0.514. The number of aromatic nitrogens is 1. The van der Waals surface area contributed by atoms with Gasteiger partial charge in [-0.05, 0) is 12.1 Å². The monoisotopic (exact) mass is 256 g/mol. The van der Waals surface area contributed by atoms with Gasteiger partial charge in [0, 0.05) is 23.2 Å². The SMILES string of the molecule is O=S(=O)(CCl)Nc1cccc2cnccc12. The zero-order valence-electron chi connectivity index (χ0n) is 8.22. The van der Waals surface area contributed by atoms with Crippen molar-refractivity contribution < 1.29 is 8.42 Å². The van der Waals surface area contributed by atoms with Crippen LogP contribution in [0.2, 0.25) is 0 Å². The third-order valence-corrected chi connectivity index (χ3v) is 3.77. The van der Waals surface area contributed by atoms with Gasteiger partial charge in [0.2, 0.25) is 10.0 Å². The molecule has 0 spiro atoms. The van der Waals surface area contributed by atoms with Crippen LogP contribution in [-0.2, 0) is 10.0 Å². The summed E-state index contributed by atoms with van der Waals surface area (Å²) >= 11 is 5.33. The van der Waals surface area contributed by atoms with E-state index in [9.17, 15) is 8.42 Å². The lowest BCUT2D eigenvalue weighted by Crippen LogP contribution is -2.13. The second-order valence-corrected chi connectivity index (χ2v) is 5.53. The van der Waals surface area contributed by atoms with E-state index in [1.54, 1.807) is 30.6 Å². The number of hydrogen-bond acceptors (Lipinski definition) is 3. The fourth-order valence-corrected chi connectivity index (χ4v) is 2.14. The number of alkyl halides is 1. The summed E-state index contributed by atoms with van der Waals surface area (Å²) in [6, 6.07) is 7.06. The molecule has 1 aromatic heterocycles. The van der Waals surface area contributed by atoms with Crippen LogP contribution in [0.1, 0.15) is 0 Å². The largest absolute Gasteiger partial charge is 0.282 e. The lowest BCUT2D eigenvalue weighted by Gasteiger charge is -2.08. The third kappa shape index (κ3) is 2.25. The van der Waals surface area contributed by atoms with E-state index in [1.165, 1.54) is 0 Å². The molecule has 0 aliphatic carbocycles. The first-order chi connectivity index (χ1) is 7.62. The molecule has 4 nitrogen and oxygen atoms in total. The van der Waals surface area contributed by atoms with Gasteiger partial charge in [-0.25, -0.2) is 8.42 Å². The molecule has 0 atom stereocenters. The first-order valence-corrected chi connectivity index (χ1v) is 6.70. The van der Waals surface area contributed by atoms with Crippen LogP contribution in [-0.4, -0.2) is 18.6 Å². The summed E-state index contributed by atoms with van der Waals surface area (Å²) in [4.78, 5) is 3.97. The van der Waals surface area contributed by atoms with Gasteiger partial charge in [0.25, 0.3) is 0 Å². The first kappa shape index (κ1) is 11.2. The van der Waals surface area contributed by atoms with Crippen molar-refractivity contribution >= 4 is 38.1 Å². The summed E-state index contributed by atoms with van der Waals surface area (Å²) in [5.74, 6) is 0. The predicted octanol–water partition coefficient (Wildman–Crippen LogP) is 2.17. The Morgan fingerprint density at radius 3 is 2.88 bits per heavy atom. The quantitative estimate of drug-likeness (QED) is 0.857. The van der Waals surface area contributed by atoms with E-state index < -0.39 is 15.2 Å². The maximum atomic E-state index is 11.4. The van der Waals surface area contributed by atoms with E-state index in [2.05, 4.69) is 9.71 Å².